The molecule has 0 saturated carbocycles. The zero-order valence-corrected chi connectivity index (χ0v) is 24.1. The van der Waals surface area contributed by atoms with E-state index in [2.05, 4.69) is 20.8 Å². The first kappa shape index (κ1) is 28.0. The molecule has 1 saturated heterocycles. The number of ether oxygens (including phenoxy) is 1. The molecule has 39 heavy (non-hydrogen) atoms. The first-order valence-corrected chi connectivity index (χ1v) is 13.3. The van der Waals surface area contributed by atoms with Gasteiger partial charge in [-0.05, 0) is 85.3 Å². The van der Waals surface area contributed by atoms with Crippen molar-refractivity contribution in [2.75, 3.05) is 23.9 Å². The highest BCUT2D eigenvalue weighted by molar-refractivity contribution is 6.51. The summed E-state index contributed by atoms with van der Waals surface area (Å²) in [6.45, 7) is 12.1. The minimum atomic E-state index is -0.830. The lowest BCUT2D eigenvalue weighted by Crippen LogP contribution is -2.29. The summed E-state index contributed by atoms with van der Waals surface area (Å²) in [5.74, 6) is -0.949. The van der Waals surface area contributed by atoms with Gasteiger partial charge in [-0.25, -0.2) is 0 Å². The fraction of sp³-hybridized carbons (Fsp3) is 0.333. The normalized spacial score (nSPS) is 17.2. The molecule has 1 aliphatic heterocycles. The van der Waals surface area contributed by atoms with Gasteiger partial charge in [-0.2, -0.15) is 0 Å². The number of hydrogen-bond donors (Lipinski definition) is 1. The predicted molar refractivity (Wildman–Crippen MR) is 158 cm³/mol. The molecule has 1 N–H and O–H groups in total. The number of rotatable bonds is 6. The number of carbonyl (C=O) groups is 2. The number of aliphatic hydroxyl groups excluding tert-OH is 1. The molecule has 6 nitrogen and oxygen atoms in total. The van der Waals surface area contributed by atoms with Crippen LogP contribution in [0.4, 0.5) is 11.4 Å². The number of carbonyl (C=O) groups excluding carboxylic acids is 2. The van der Waals surface area contributed by atoms with Crippen LogP contribution >= 0.6 is 0 Å². The number of nitrogens with zero attached hydrogens (tertiary/aromatic N) is 2. The van der Waals surface area contributed by atoms with Gasteiger partial charge in [0, 0.05) is 31.0 Å². The highest BCUT2D eigenvalue weighted by Crippen LogP contribution is 2.44. The van der Waals surface area contributed by atoms with Gasteiger partial charge < -0.3 is 14.7 Å². The summed E-state index contributed by atoms with van der Waals surface area (Å²) in [5.41, 5.74) is 4.50. The van der Waals surface area contributed by atoms with E-state index in [0.717, 1.165) is 16.8 Å². The number of aliphatic hydroxyl groups is 1. The minimum Gasteiger partial charge on any atom is -0.507 e. The van der Waals surface area contributed by atoms with Gasteiger partial charge in [0.1, 0.15) is 11.5 Å². The van der Waals surface area contributed by atoms with Crippen molar-refractivity contribution in [1.29, 1.82) is 0 Å². The van der Waals surface area contributed by atoms with Gasteiger partial charge in [-0.3, -0.25) is 14.5 Å². The van der Waals surface area contributed by atoms with Crippen LogP contribution in [0.25, 0.3) is 5.76 Å². The van der Waals surface area contributed by atoms with Gasteiger partial charge in [0.25, 0.3) is 11.7 Å². The summed E-state index contributed by atoms with van der Waals surface area (Å²) >= 11 is 0. The van der Waals surface area contributed by atoms with E-state index in [4.69, 9.17) is 4.74 Å². The molecule has 0 spiro atoms. The fourth-order valence-corrected chi connectivity index (χ4v) is 4.84. The molecule has 1 unspecified atom stereocenters. The van der Waals surface area contributed by atoms with Crippen LogP contribution in [0.1, 0.15) is 62.9 Å². The Hall–Kier alpha value is -4.06. The molecular weight excluding hydrogens is 488 g/mol. The second kappa shape index (κ2) is 10.6. The minimum absolute atomic E-state index is 0.0482. The number of ketones is 1. The Morgan fingerprint density at radius 1 is 0.974 bits per heavy atom. The monoisotopic (exact) mass is 526 g/mol. The van der Waals surface area contributed by atoms with E-state index in [1.54, 1.807) is 0 Å². The van der Waals surface area contributed by atoms with E-state index in [9.17, 15) is 14.7 Å². The van der Waals surface area contributed by atoms with E-state index >= 15 is 0 Å². The van der Waals surface area contributed by atoms with Crippen LogP contribution in [0.5, 0.6) is 5.75 Å². The molecule has 204 valence electrons. The summed E-state index contributed by atoms with van der Waals surface area (Å²) < 4.78 is 5.93. The number of hydrogen-bond acceptors (Lipinski definition) is 5. The maximum Gasteiger partial charge on any atom is 0.300 e. The second-order valence-electron chi connectivity index (χ2n) is 11.6. The van der Waals surface area contributed by atoms with Crippen LogP contribution < -0.4 is 14.5 Å². The van der Waals surface area contributed by atoms with E-state index in [-0.39, 0.29) is 22.9 Å². The molecule has 1 amide bonds. The van der Waals surface area contributed by atoms with Crippen molar-refractivity contribution in [2.45, 2.75) is 59.1 Å². The molecule has 0 bridgehead atoms. The molecule has 1 heterocycles. The highest BCUT2D eigenvalue weighted by Gasteiger charge is 2.47. The number of amides is 1. The van der Waals surface area contributed by atoms with Crippen LogP contribution in [0.3, 0.4) is 0 Å². The van der Waals surface area contributed by atoms with Gasteiger partial charge in [0.05, 0.1) is 17.7 Å². The first-order chi connectivity index (χ1) is 18.3. The first-order valence-electron chi connectivity index (χ1n) is 13.3. The summed E-state index contributed by atoms with van der Waals surface area (Å²) in [4.78, 5) is 30.7. The van der Waals surface area contributed by atoms with Gasteiger partial charge in [0.2, 0.25) is 0 Å². The Morgan fingerprint density at radius 2 is 1.64 bits per heavy atom. The SMILES string of the molecule is Cc1ccc(C(C)(C)C)cc1/C(O)=C1\C(=O)C(=O)N(c2ccc(N(C)C)cc2)C1c1cccc(OC(C)C)c1. The lowest BCUT2D eigenvalue weighted by molar-refractivity contribution is -0.132. The van der Waals surface area contributed by atoms with E-state index in [1.165, 1.54) is 4.90 Å². The predicted octanol–water partition coefficient (Wildman–Crippen LogP) is 6.77. The molecule has 6 heteroatoms. The average Bonchev–Trinajstić information content (AvgIpc) is 3.13. The van der Waals surface area contributed by atoms with Crippen LogP contribution in [0, 0.1) is 6.92 Å². The second-order valence-corrected chi connectivity index (χ2v) is 11.6. The van der Waals surface area contributed by atoms with Crippen LogP contribution in [0.2, 0.25) is 0 Å². The third-order valence-electron chi connectivity index (χ3n) is 6.99. The topological polar surface area (TPSA) is 70.1 Å². The van der Waals surface area contributed by atoms with Gasteiger partial charge in [0.15, 0.2) is 0 Å². The molecule has 0 aromatic heterocycles. The van der Waals surface area contributed by atoms with Crippen molar-refractivity contribution in [3.8, 4) is 5.75 Å². The molecule has 1 fully saturated rings. The van der Waals surface area contributed by atoms with E-state index in [1.807, 2.05) is 106 Å². The third-order valence-corrected chi connectivity index (χ3v) is 6.99. The van der Waals surface area contributed by atoms with Crippen molar-refractivity contribution < 1.29 is 19.4 Å². The molecule has 3 aromatic carbocycles. The van der Waals surface area contributed by atoms with E-state index < -0.39 is 17.7 Å². The Morgan fingerprint density at radius 3 is 2.23 bits per heavy atom. The van der Waals surface area contributed by atoms with Gasteiger partial charge in [-0.15, -0.1) is 0 Å². The van der Waals surface area contributed by atoms with Crippen LogP contribution in [-0.4, -0.2) is 37.0 Å². The number of Topliss-reactive ketones (excluding diaryl/α,β-unsaturated/α-hetero) is 1. The molecule has 0 radical (unpaired) electrons. The third kappa shape index (κ3) is 5.56. The number of aryl methyl sites for hydroxylation is 1. The smallest absolute Gasteiger partial charge is 0.300 e. The zero-order chi connectivity index (χ0) is 28.6. The Bertz CT molecular complexity index is 1430. The summed E-state index contributed by atoms with van der Waals surface area (Å²) in [6.07, 6.45) is -0.0482. The molecule has 4 rings (SSSR count). The van der Waals surface area contributed by atoms with Crippen molar-refractivity contribution in [3.05, 3.63) is 94.6 Å². The van der Waals surface area contributed by atoms with Crippen LogP contribution in [-0.2, 0) is 15.0 Å². The molecular formula is C33H38N2O4. The quantitative estimate of drug-likeness (QED) is 0.218. The van der Waals surface area contributed by atoms with Gasteiger partial charge >= 0.3 is 0 Å². The van der Waals surface area contributed by atoms with Crippen LogP contribution in [0.15, 0.2) is 72.3 Å². The summed E-state index contributed by atoms with van der Waals surface area (Å²) in [5, 5.41) is 11.7. The largest absolute Gasteiger partial charge is 0.507 e. The lowest BCUT2D eigenvalue weighted by atomic mass is 9.84. The van der Waals surface area contributed by atoms with Gasteiger partial charge in [-0.1, -0.05) is 45.0 Å². The van der Waals surface area contributed by atoms with Crippen molar-refractivity contribution in [3.63, 3.8) is 0 Å². The Labute approximate surface area is 231 Å². The lowest BCUT2D eigenvalue weighted by Gasteiger charge is -2.27. The van der Waals surface area contributed by atoms with E-state index in [0.29, 0.717) is 22.6 Å². The summed E-state index contributed by atoms with van der Waals surface area (Å²) in [6, 6.07) is 19.9. The average molecular weight is 527 g/mol. The van der Waals surface area contributed by atoms with Crippen molar-refractivity contribution >= 4 is 28.8 Å². The maximum atomic E-state index is 13.7. The fourth-order valence-electron chi connectivity index (χ4n) is 4.84. The zero-order valence-electron chi connectivity index (χ0n) is 24.1. The molecule has 0 aliphatic carbocycles. The molecule has 1 aliphatic rings. The maximum absolute atomic E-state index is 13.7. The number of anilines is 2. The highest BCUT2D eigenvalue weighted by atomic mass is 16.5. The standard InChI is InChI=1S/C33H38N2O4/c1-20(2)39-26-11-9-10-22(18-26)29-28(30(36)27-19-23(33(4,5)6)13-12-21(27)3)31(37)32(38)35(29)25-16-14-24(15-17-25)34(7)8/h9-20,29,36H,1-8H3/b30-28+. The molecule has 3 aromatic rings. The Kier molecular flexibility index (Phi) is 7.60. The van der Waals surface area contributed by atoms with Crippen molar-refractivity contribution in [2.24, 2.45) is 0 Å². The molecule has 1 atom stereocenters. The number of benzene rings is 3. The summed E-state index contributed by atoms with van der Waals surface area (Å²) in [7, 11) is 3.88. The Balaban J connectivity index is 1.96. The van der Waals surface area contributed by atoms with Crippen molar-refractivity contribution in [1.82, 2.24) is 0 Å².